The summed E-state index contributed by atoms with van der Waals surface area (Å²) in [5.41, 5.74) is 7.30. The van der Waals surface area contributed by atoms with E-state index in [1.165, 1.54) is 14.2 Å². The number of aryl methyl sites for hydroxylation is 1. The highest BCUT2D eigenvalue weighted by atomic mass is 16.5. The number of carbonyl (C=O) groups is 2. The van der Waals surface area contributed by atoms with Gasteiger partial charge in [0.1, 0.15) is 11.5 Å². The highest BCUT2D eigenvalue weighted by Crippen LogP contribution is 2.22. The number of rotatable bonds is 5. The summed E-state index contributed by atoms with van der Waals surface area (Å²) in [6.45, 7) is 1.94. The van der Waals surface area contributed by atoms with E-state index >= 15 is 0 Å². The van der Waals surface area contributed by atoms with Gasteiger partial charge in [-0.25, -0.2) is 4.68 Å². The van der Waals surface area contributed by atoms with E-state index in [2.05, 4.69) is 16.0 Å². The lowest BCUT2D eigenvalue weighted by atomic mass is 10.2. The van der Waals surface area contributed by atoms with Crippen LogP contribution >= 0.6 is 0 Å². The third-order valence-electron chi connectivity index (χ3n) is 4.11. The predicted octanol–water partition coefficient (Wildman–Crippen LogP) is 2.27. The lowest BCUT2D eigenvalue weighted by molar-refractivity contribution is 0.0846. The zero-order valence-corrected chi connectivity index (χ0v) is 15.7. The minimum Gasteiger partial charge on any atom is -0.497 e. The van der Waals surface area contributed by atoms with E-state index in [-0.39, 0.29) is 0 Å². The van der Waals surface area contributed by atoms with Crippen molar-refractivity contribution in [2.75, 3.05) is 14.2 Å². The van der Waals surface area contributed by atoms with Crippen LogP contribution in [-0.2, 0) is 0 Å². The second kappa shape index (κ2) is 8.26. The number of hydrogen-bond acceptors (Lipinski definition) is 5. The van der Waals surface area contributed by atoms with Crippen LogP contribution in [-0.4, -0.2) is 35.8 Å². The highest BCUT2D eigenvalue weighted by molar-refractivity contribution is 5.99. The van der Waals surface area contributed by atoms with Crippen molar-refractivity contribution in [2.24, 2.45) is 0 Å². The monoisotopic (exact) mass is 380 g/mol. The fourth-order valence-electron chi connectivity index (χ4n) is 2.59. The van der Waals surface area contributed by atoms with E-state index in [0.29, 0.717) is 22.6 Å². The summed E-state index contributed by atoms with van der Waals surface area (Å²) in [6.07, 6.45) is 1.71. The summed E-state index contributed by atoms with van der Waals surface area (Å²) in [5, 5.41) is 4.22. The normalized spacial score (nSPS) is 10.2. The van der Waals surface area contributed by atoms with Crippen LogP contribution in [0.2, 0.25) is 0 Å². The van der Waals surface area contributed by atoms with Gasteiger partial charge in [0, 0.05) is 29.1 Å². The zero-order valence-electron chi connectivity index (χ0n) is 15.7. The number of ether oxygens (including phenoxy) is 2. The SMILES string of the molecule is COc1cc(OC)cc(C(=O)NNC(=O)c2ccc(-n3nccc3C)cc2)c1. The summed E-state index contributed by atoms with van der Waals surface area (Å²) in [7, 11) is 2.99. The van der Waals surface area contributed by atoms with Crippen LogP contribution in [0.4, 0.5) is 0 Å². The van der Waals surface area contributed by atoms with Gasteiger partial charge in [0.25, 0.3) is 11.8 Å². The Hall–Kier alpha value is -3.81. The highest BCUT2D eigenvalue weighted by Gasteiger charge is 2.12. The van der Waals surface area contributed by atoms with Gasteiger partial charge in [0.2, 0.25) is 0 Å². The van der Waals surface area contributed by atoms with Crippen LogP contribution < -0.4 is 20.3 Å². The topological polar surface area (TPSA) is 94.5 Å². The average Bonchev–Trinajstić information content (AvgIpc) is 3.17. The van der Waals surface area contributed by atoms with Crippen molar-refractivity contribution in [1.82, 2.24) is 20.6 Å². The van der Waals surface area contributed by atoms with Gasteiger partial charge < -0.3 is 9.47 Å². The van der Waals surface area contributed by atoms with Gasteiger partial charge in [-0.2, -0.15) is 5.10 Å². The fourth-order valence-corrected chi connectivity index (χ4v) is 2.59. The molecule has 2 aromatic carbocycles. The number of nitrogens with zero attached hydrogens (tertiary/aromatic N) is 2. The third kappa shape index (κ3) is 4.12. The molecular formula is C20H20N4O4. The number of benzene rings is 2. The van der Waals surface area contributed by atoms with Gasteiger partial charge in [-0.3, -0.25) is 20.4 Å². The maximum Gasteiger partial charge on any atom is 0.269 e. The van der Waals surface area contributed by atoms with Crippen molar-refractivity contribution >= 4 is 11.8 Å². The van der Waals surface area contributed by atoms with Crippen molar-refractivity contribution in [3.05, 3.63) is 71.5 Å². The van der Waals surface area contributed by atoms with Crippen LogP contribution in [0, 0.1) is 6.92 Å². The number of hydrogen-bond donors (Lipinski definition) is 2. The molecule has 0 aliphatic carbocycles. The van der Waals surface area contributed by atoms with E-state index in [4.69, 9.17) is 9.47 Å². The molecule has 144 valence electrons. The van der Waals surface area contributed by atoms with Crippen molar-refractivity contribution in [1.29, 1.82) is 0 Å². The molecule has 3 aromatic rings. The number of methoxy groups -OCH3 is 2. The molecule has 1 heterocycles. The Balaban J connectivity index is 1.65. The van der Waals surface area contributed by atoms with Gasteiger partial charge >= 0.3 is 0 Å². The Labute approximate surface area is 162 Å². The van der Waals surface area contributed by atoms with E-state index in [0.717, 1.165) is 11.4 Å². The van der Waals surface area contributed by atoms with E-state index in [9.17, 15) is 9.59 Å². The molecule has 8 nitrogen and oxygen atoms in total. The van der Waals surface area contributed by atoms with E-state index < -0.39 is 11.8 Å². The van der Waals surface area contributed by atoms with E-state index in [1.807, 2.05) is 13.0 Å². The fraction of sp³-hybridized carbons (Fsp3) is 0.150. The molecule has 0 atom stereocenters. The van der Waals surface area contributed by atoms with E-state index in [1.54, 1.807) is 53.3 Å². The molecule has 0 fully saturated rings. The smallest absolute Gasteiger partial charge is 0.269 e. The molecular weight excluding hydrogens is 360 g/mol. The van der Waals surface area contributed by atoms with Crippen molar-refractivity contribution in [3.63, 3.8) is 0 Å². The molecule has 0 saturated carbocycles. The molecule has 28 heavy (non-hydrogen) atoms. The Kier molecular flexibility index (Phi) is 5.59. The minimum atomic E-state index is -0.491. The molecule has 2 amide bonds. The molecule has 2 N–H and O–H groups in total. The largest absolute Gasteiger partial charge is 0.497 e. The first kappa shape index (κ1) is 19.0. The van der Waals surface area contributed by atoms with Crippen molar-refractivity contribution in [3.8, 4) is 17.2 Å². The molecule has 0 spiro atoms. The molecule has 0 saturated heterocycles. The Morgan fingerprint density at radius 1 is 0.857 bits per heavy atom. The lowest BCUT2D eigenvalue weighted by Gasteiger charge is -2.10. The van der Waals surface area contributed by atoms with Crippen molar-refractivity contribution in [2.45, 2.75) is 6.92 Å². The second-order valence-corrected chi connectivity index (χ2v) is 5.94. The van der Waals surface area contributed by atoms with Gasteiger partial charge in [-0.15, -0.1) is 0 Å². The van der Waals surface area contributed by atoms with Gasteiger partial charge in [-0.05, 0) is 49.4 Å². The molecule has 0 aliphatic rings. The summed E-state index contributed by atoms with van der Waals surface area (Å²) in [5.74, 6) is 0.0157. The van der Waals surface area contributed by atoms with Gasteiger partial charge in [-0.1, -0.05) is 0 Å². The summed E-state index contributed by atoms with van der Waals surface area (Å²) in [4.78, 5) is 24.6. The number of nitrogens with one attached hydrogen (secondary N) is 2. The predicted molar refractivity (Wildman–Crippen MR) is 103 cm³/mol. The molecule has 3 rings (SSSR count). The zero-order chi connectivity index (χ0) is 20.1. The number of carbonyl (C=O) groups excluding carboxylic acids is 2. The van der Waals surface area contributed by atoms with Crippen LogP contribution in [0.1, 0.15) is 26.4 Å². The second-order valence-electron chi connectivity index (χ2n) is 5.94. The third-order valence-corrected chi connectivity index (χ3v) is 4.11. The van der Waals surface area contributed by atoms with Crippen LogP contribution in [0.3, 0.4) is 0 Å². The summed E-state index contributed by atoms with van der Waals surface area (Å²) >= 11 is 0. The number of hydrazine groups is 1. The Bertz CT molecular complexity index is 973. The molecule has 0 radical (unpaired) electrons. The molecule has 1 aromatic heterocycles. The van der Waals surface area contributed by atoms with Crippen LogP contribution in [0.5, 0.6) is 11.5 Å². The molecule has 0 aliphatic heterocycles. The molecule has 0 unspecified atom stereocenters. The molecule has 0 bridgehead atoms. The number of amides is 2. The first-order valence-corrected chi connectivity index (χ1v) is 8.46. The maximum absolute atomic E-state index is 12.3. The quantitative estimate of drug-likeness (QED) is 0.662. The Morgan fingerprint density at radius 2 is 1.43 bits per heavy atom. The maximum atomic E-state index is 12.3. The minimum absolute atomic E-state index is 0.293. The first-order chi connectivity index (χ1) is 13.5. The van der Waals surface area contributed by atoms with Crippen LogP contribution in [0.15, 0.2) is 54.7 Å². The van der Waals surface area contributed by atoms with Crippen LogP contribution in [0.25, 0.3) is 5.69 Å². The summed E-state index contributed by atoms with van der Waals surface area (Å²) < 4.78 is 12.0. The standard InChI is InChI=1S/C20H20N4O4/c1-13-8-9-21-24(13)16-6-4-14(5-7-16)19(25)22-23-20(26)15-10-17(27-2)12-18(11-15)28-3/h4-12H,1-3H3,(H,22,25)(H,23,26). The van der Waals surface area contributed by atoms with Crippen molar-refractivity contribution < 1.29 is 19.1 Å². The summed E-state index contributed by atoms with van der Waals surface area (Å²) in [6, 6.07) is 13.5. The number of aromatic nitrogens is 2. The average molecular weight is 380 g/mol. The van der Waals surface area contributed by atoms with Gasteiger partial charge in [0.15, 0.2) is 0 Å². The lowest BCUT2D eigenvalue weighted by Crippen LogP contribution is -2.41. The first-order valence-electron chi connectivity index (χ1n) is 8.46. The van der Waals surface area contributed by atoms with Gasteiger partial charge in [0.05, 0.1) is 19.9 Å². The molecule has 8 heteroatoms. The Morgan fingerprint density at radius 3 is 1.93 bits per heavy atom.